The van der Waals surface area contributed by atoms with Crippen LogP contribution in [-0.2, 0) is 0 Å². The zero-order valence-corrected chi connectivity index (χ0v) is 18.0. The van der Waals surface area contributed by atoms with E-state index in [-0.39, 0.29) is 5.56 Å². The van der Waals surface area contributed by atoms with E-state index in [2.05, 4.69) is 24.0 Å². The molecule has 4 heteroatoms. The Morgan fingerprint density at radius 2 is 1.41 bits per heavy atom. The van der Waals surface area contributed by atoms with Crippen LogP contribution in [0.2, 0.25) is 0 Å². The maximum atomic E-state index is 13.4. The highest BCUT2D eigenvalue weighted by molar-refractivity contribution is 5.84. The molecule has 0 unspecified atom stereocenters. The van der Waals surface area contributed by atoms with Crippen molar-refractivity contribution in [3.63, 3.8) is 0 Å². The molecule has 2 aromatic heterocycles. The highest BCUT2D eigenvalue weighted by Crippen LogP contribution is 2.32. The maximum absolute atomic E-state index is 13.4. The second-order valence-electron chi connectivity index (χ2n) is 7.95. The van der Waals surface area contributed by atoms with Crippen molar-refractivity contribution >= 4 is 0 Å². The minimum absolute atomic E-state index is 0.153. The van der Waals surface area contributed by atoms with Crippen molar-refractivity contribution in [1.29, 1.82) is 0 Å². The highest BCUT2D eigenvalue weighted by Gasteiger charge is 2.18. The van der Waals surface area contributed by atoms with Crippen molar-refractivity contribution in [3.8, 4) is 39.3 Å². The Balaban J connectivity index is 1.72. The second-order valence-corrected chi connectivity index (χ2v) is 7.95. The van der Waals surface area contributed by atoms with Crippen LogP contribution in [0, 0.1) is 13.8 Å². The summed E-state index contributed by atoms with van der Waals surface area (Å²) in [7, 11) is 0. The van der Waals surface area contributed by atoms with Gasteiger partial charge in [-0.2, -0.15) is 5.10 Å². The van der Waals surface area contributed by atoms with Gasteiger partial charge in [0.2, 0.25) is 0 Å². The first-order valence-electron chi connectivity index (χ1n) is 10.6. The number of nitrogens with one attached hydrogen (secondary N) is 1. The zero-order valence-electron chi connectivity index (χ0n) is 18.0. The Kier molecular flexibility index (Phi) is 5.04. The van der Waals surface area contributed by atoms with Crippen molar-refractivity contribution in [2.75, 3.05) is 0 Å². The van der Waals surface area contributed by atoms with E-state index in [1.807, 2.05) is 96.5 Å². The van der Waals surface area contributed by atoms with Gasteiger partial charge in [0.05, 0.1) is 16.9 Å². The van der Waals surface area contributed by atoms with Crippen LogP contribution in [0.3, 0.4) is 0 Å². The van der Waals surface area contributed by atoms with Gasteiger partial charge < -0.3 is 4.98 Å². The molecule has 32 heavy (non-hydrogen) atoms. The topological polar surface area (TPSA) is 50.7 Å². The van der Waals surface area contributed by atoms with Gasteiger partial charge in [0.15, 0.2) is 0 Å². The molecule has 0 spiro atoms. The van der Waals surface area contributed by atoms with Crippen molar-refractivity contribution in [2.24, 2.45) is 0 Å². The van der Waals surface area contributed by atoms with Gasteiger partial charge in [0.25, 0.3) is 5.56 Å². The van der Waals surface area contributed by atoms with Crippen molar-refractivity contribution in [3.05, 3.63) is 119 Å². The lowest BCUT2D eigenvalue weighted by atomic mass is 9.96. The summed E-state index contributed by atoms with van der Waals surface area (Å²) >= 11 is 0. The monoisotopic (exact) mass is 417 g/mol. The van der Waals surface area contributed by atoms with E-state index in [0.29, 0.717) is 11.3 Å². The van der Waals surface area contributed by atoms with Gasteiger partial charge >= 0.3 is 0 Å². The summed E-state index contributed by atoms with van der Waals surface area (Å²) < 4.78 is 1.87. The fraction of sp³-hybridized carbons (Fsp3) is 0.0714. The van der Waals surface area contributed by atoms with E-state index in [0.717, 1.165) is 33.8 Å². The number of aromatic nitrogens is 3. The summed E-state index contributed by atoms with van der Waals surface area (Å²) in [5.41, 5.74) is 7.79. The Labute approximate surface area is 186 Å². The third-order valence-electron chi connectivity index (χ3n) is 5.62. The van der Waals surface area contributed by atoms with Crippen molar-refractivity contribution < 1.29 is 0 Å². The predicted octanol–water partition coefficient (Wildman–Crippen LogP) is 6.18. The number of aromatic amines is 1. The van der Waals surface area contributed by atoms with Crippen molar-refractivity contribution in [2.45, 2.75) is 13.8 Å². The van der Waals surface area contributed by atoms with Gasteiger partial charge in [-0.3, -0.25) is 4.79 Å². The second kappa shape index (κ2) is 8.16. The standard InChI is InChI=1S/C28H23N3O/c1-19-13-15-22(16-14-19)25-18-24(21-9-5-3-6-10-21)27(28(32)29-25)26-17-20(2)31(30-26)23-11-7-4-8-12-23/h3-18H,1-2H3,(H,29,32). The number of hydrogen-bond donors (Lipinski definition) is 1. The van der Waals surface area contributed by atoms with Gasteiger partial charge in [-0.1, -0.05) is 78.4 Å². The Hall–Kier alpha value is -4.18. The molecule has 1 N–H and O–H groups in total. The molecule has 0 saturated heterocycles. The van der Waals surface area contributed by atoms with Crippen LogP contribution in [0.4, 0.5) is 0 Å². The number of H-pyrrole nitrogens is 1. The van der Waals surface area contributed by atoms with Gasteiger partial charge in [0.1, 0.15) is 0 Å². The number of aryl methyl sites for hydroxylation is 2. The molecule has 156 valence electrons. The van der Waals surface area contributed by atoms with E-state index in [1.54, 1.807) is 0 Å². The van der Waals surface area contributed by atoms with E-state index in [9.17, 15) is 4.79 Å². The normalized spacial score (nSPS) is 10.9. The third kappa shape index (κ3) is 3.67. The minimum Gasteiger partial charge on any atom is -0.321 e. The van der Waals surface area contributed by atoms with Crippen LogP contribution in [0.25, 0.3) is 39.3 Å². The van der Waals surface area contributed by atoms with Crippen LogP contribution >= 0.6 is 0 Å². The number of rotatable bonds is 4. The fourth-order valence-electron chi connectivity index (χ4n) is 3.98. The highest BCUT2D eigenvalue weighted by atomic mass is 16.1. The van der Waals surface area contributed by atoms with Gasteiger partial charge in [-0.25, -0.2) is 4.68 Å². The summed E-state index contributed by atoms with van der Waals surface area (Å²) in [4.78, 5) is 16.5. The quantitative estimate of drug-likeness (QED) is 0.380. The smallest absolute Gasteiger partial charge is 0.258 e. The van der Waals surface area contributed by atoms with E-state index in [4.69, 9.17) is 5.10 Å². The fourth-order valence-corrected chi connectivity index (χ4v) is 3.98. The number of hydrogen-bond acceptors (Lipinski definition) is 2. The lowest BCUT2D eigenvalue weighted by Crippen LogP contribution is -2.12. The Bertz CT molecular complexity index is 1430. The SMILES string of the molecule is Cc1ccc(-c2cc(-c3ccccc3)c(-c3cc(C)n(-c4ccccc4)n3)c(=O)[nH]2)cc1. The molecular weight excluding hydrogens is 394 g/mol. The van der Waals surface area contributed by atoms with Crippen LogP contribution in [0.5, 0.6) is 0 Å². The summed E-state index contributed by atoms with van der Waals surface area (Å²) in [6.07, 6.45) is 0. The molecule has 4 nitrogen and oxygen atoms in total. The summed E-state index contributed by atoms with van der Waals surface area (Å²) in [5, 5.41) is 4.81. The molecule has 0 atom stereocenters. The average Bonchev–Trinajstić information content (AvgIpc) is 3.21. The van der Waals surface area contributed by atoms with Gasteiger partial charge in [0, 0.05) is 11.4 Å². The molecule has 0 radical (unpaired) electrons. The molecule has 2 heterocycles. The molecule has 5 aromatic rings. The largest absolute Gasteiger partial charge is 0.321 e. The first-order chi connectivity index (χ1) is 15.6. The van der Waals surface area contributed by atoms with Crippen LogP contribution in [0.15, 0.2) is 102 Å². The summed E-state index contributed by atoms with van der Waals surface area (Å²) in [6.45, 7) is 4.05. The van der Waals surface area contributed by atoms with Crippen LogP contribution < -0.4 is 5.56 Å². The molecular formula is C28H23N3O. The number of pyridine rings is 1. The van der Waals surface area contributed by atoms with Gasteiger partial charge in [-0.15, -0.1) is 0 Å². The Morgan fingerprint density at radius 1 is 0.750 bits per heavy atom. The molecule has 0 fully saturated rings. The molecule has 0 saturated carbocycles. The zero-order chi connectivity index (χ0) is 22.1. The minimum atomic E-state index is -0.153. The average molecular weight is 418 g/mol. The predicted molar refractivity (Wildman–Crippen MR) is 130 cm³/mol. The molecule has 0 aliphatic carbocycles. The molecule has 0 amide bonds. The lowest BCUT2D eigenvalue weighted by molar-refractivity contribution is 0.850. The molecule has 0 aliphatic rings. The molecule has 0 aliphatic heterocycles. The summed E-state index contributed by atoms with van der Waals surface area (Å²) in [6, 6.07) is 32.1. The molecule has 5 rings (SSSR count). The number of nitrogens with zero attached hydrogens (tertiary/aromatic N) is 2. The lowest BCUT2D eigenvalue weighted by Gasteiger charge is -2.11. The van der Waals surface area contributed by atoms with E-state index >= 15 is 0 Å². The first kappa shape index (κ1) is 19.8. The summed E-state index contributed by atoms with van der Waals surface area (Å²) in [5.74, 6) is 0. The number of benzene rings is 3. The Morgan fingerprint density at radius 3 is 2.09 bits per heavy atom. The third-order valence-corrected chi connectivity index (χ3v) is 5.62. The van der Waals surface area contributed by atoms with E-state index < -0.39 is 0 Å². The molecule has 0 bridgehead atoms. The maximum Gasteiger partial charge on any atom is 0.258 e. The number of para-hydroxylation sites is 1. The molecule has 3 aromatic carbocycles. The van der Waals surface area contributed by atoms with E-state index in [1.165, 1.54) is 5.56 Å². The van der Waals surface area contributed by atoms with Gasteiger partial charge in [-0.05, 0) is 54.8 Å². The first-order valence-corrected chi connectivity index (χ1v) is 10.6. The van der Waals surface area contributed by atoms with Crippen LogP contribution in [-0.4, -0.2) is 14.8 Å². The van der Waals surface area contributed by atoms with Crippen LogP contribution in [0.1, 0.15) is 11.3 Å². The van der Waals surface area contributed by atoms with Crippen molar-refractivity contribution in [1.82, 2.24) is 14.8 Å².